The summed E-state index contributed by atoms with van der Waals surface area (Å²) in [4.78, 5) is 59.5. The van der Waals surface area contributed by atoms with E-state index in [2.05, 4.69) is 21.2 Å². The minimum Gasteiger partial charge on any atom is -0.455 e. The van der Waals surface area contributed by atoms with Gasteiger partial charge in [0.25, 0.3) is 5.91 Å². The van der Waals surface area contributed by atoms with Gasteiger partial charge in [0.2, 0.25) is 11.8 Å². The first-order chi connectivity index (χ1) is 23.2. The number of hydrogen-bond donors (Lipinski definition) is 2. The minimum absolute atomic E-state index is 0.119. The molecular formula is C37H36BrN3O7. The first-order valence-electron chi connectivity index (χ1n) is 16.2. The molecule has 7 rings (SSSR count). The molecule has 1 spiro atoms. The Labute approximate surface area is 286 Å². The van der Waals surface area contributed by atoms with Gasteiger partial charge < -0.3 is 29.7 Å². The van der Waals surface area contributed by atoms with E-state index >= 15 is 0 Å². The molecule has 4 aliphatic rings. The highest BCUT2D eigenvalue weighted by Crippen LogP contribution is 2.59. The highest BCUT2D eigenvalue weighted by atomic mass is 79.9. The average Bonchev–Trinajstić information content (AvgIpc) is 3.68. The van der Waals surface area contributed by atoms with E-state index in [1.165, 1.54) is 4.90 Å². The predicted molar refractivity (Wildman–Crippen MR) is 182 cm³/mol. The Balaban J connectivity index is 1.34. The summed E-state index contributed by atoms with van der Waals surface area (Å²) in [5.74, 6) is -3.90. The highest BCUT2D eigenvalue weighted by Gasteiger charge is 2.75. The lowest BCUT2D eigenvalue weighted by atomic mass is 9.74. The maximum atomic E-state index is 14.9. The van der Waals surface area contributed by atoms with Crippen LogP contribution in [0.15, 0.2) is 95.5 Å². The molecule has 2 saturated heterocycles. The third-order valence-electron chi connectivity index (χ3n) is 9.79. The molecule has 4 aliphatic heterocycles. The molecule has 4 heterocycles. The molecule has 10 nitrogen and oxygen atoms in total. The first kappa shape index (κ1) is 32.2. The van der Waals surface area contributed by atoms with Crippen LogP contribution in [0.25, 0.3) is 10.8 Å². The van der Waals surface area contributed by atoms with Crippen molar-refractivity contribution in [3.63, 3.8) is 0 Å². The number of β-amino-alcohol motifs (C(OH)–C–C–N with tert-alkyl or cyclic N) is 1. The van der Waals surface area contributed by atoms with Gasteiger partial charge in [-0.15, -0.1) is 0 Å². The third kappa shape index (κ3) is 5.43. The number of carbonyl (C=O) groups excluding carboxylic acids is 4. The number of likely N-dealkylation sites (tertiary alicyclic amines) is 1. The molecule has 48 heavy (non-hydrogen) atoms. The van der Waals surface area contributed by atoms with Crippen molar-refractivity contribution >= 4 is 56.1 Å². The van der Waals surface area contributed by atoms with Crippen molar-refractivity contribution in [2.45, 2.75) is 49.7 Å². The van der Waals surface area contributed by atoms with Crippen LogP contribution in [0, 0.1) is 11.8 Å². The number of ether oxygens (including phenoxy) is 2. The van der Waals surface area contributed by atoms with Gasteiger partial charge in [0.15, 0.2) is 0 Å². The van der Waals surface area contributed by atoms with Crippen LogP contribution in [0.4, 0.5) is 5.69 Å². The van der Waals surface area contributed by atoms with Crippen molar-refractivity contribution in [3.05, 3.63) is 101 Å². The van der Waals surface area contributed by atoms with Gasteiger partial charge in [-0.3, -0.25) is 19.2 Å². The van der Waals surface area contributed by atoms with Gasteiger partial charge in [0.1, 0.15) is 29.8 Å². The summed E-state index contributed by atoms with van der Waals surface area (Å²) in [7, 11) is 0. The van der Waals surface area contributed by atoms with Gasteiger partial charge in [-0.25, -0.2) is 0 Å². The van der Waals surface area contributed by atoms with Gasteiger partial charge in [-0.2, -0.15) is 0 Å². The lowest BCUT2D eigenvalue weighted by Crippen LogP contribution is -2.56. The molecule has 7 atom stereocenters. The number of hydrogen-bond acceptors (Lipinski definition) is 7. The molecule has 3 aromatic carbocycles. The number of aliphatic hydroxyl groups is 1. The topological polar surface area (TPSA) is 125 Å². The fraction of sp³-hybridized carbons (Fsp3) is 0.351. The van der Waals surface area contributed by atoms with Crippen LogP contribution in [-0.4, -0.2) is 77.2 Å². The number of cyclic esters (lactones) is 1. The number of fused-ring (bicyclic) bond motifs is 3. The van der Waals surface area contributed by atoms with Crippen molar-refractivity contribution in [2.24, 2.45) is 11.8 Å². The maximum Gasteiger partial charge on any atom is 0.313 e. The largest absolute Gasteiger partial charge is 0.455 e. The molecule has 5 bridgehead atoms. The number of rotatable bonds is 4. The Bertz CT molecular complexity index is 1830. The van der Waals surface area contributed by atoms with E-state index in [4.69, 9.17) is 9.47 Å². The average molecular weight is 715 g/mol. The monoisotopic (exact) mass is 713 g/mol. The number of nitrogens with one attached hydrogen (secondary N) is 1. The van der Waals surface area contributed by atoms with Crippen molar-refractivity contribution in [3.8, 4) is 0 Å². The van der Waals surface area contributed by atoms with E-state index in [1.54, 1.807) is 17.9 Å². The zero-order valence-electron chi connectivity index (χ0n) is 26.3. The number of anilines is 1. The standard InChI is InChI=1S/C37H36BrN3O7/c1-22-31(24-11-4-2-5-12-24)47-36(46)29-30-34(44)41(18-19-42)33(37(30)21-27(38)32(29)48-37)35(45)40(17-9-3-6-14-28(43)39-22)26-16-15-23-10-7-8-13-25(23)20-26/h2-5,7-13,15-16,20-22,29-33,42H,6,14,17-19H2,1H3,(H,39,43)/b9-3-/t22-,29+,30-,31+,32+,33+,37-/m0/s1. The highest BCUT2D eigenvalue weighted by molar-refractivity contribution is 9.11. The van der Waals surface area contributed by atoms with Gasteiger partial charge in [0, 0.05) is 29.7 Å². The summed E-state index contributed by atoms with van der Waals surface area (Å²) < 4.78 is 13.3. The second-order valence-electron chi connectivity index (χ2n) is 12.7. The number of allylic oxidation sites excluding steroid dienone is 1. The summed E-state index contributed by atoms with van der Waals surface area (Å²) in [6.45, 7) is 1.43. The van der Waals surface area contributed by atoms with Crippen LogP contribution < -0.4 is 10.2 Å². The number of nitrogens with zero attached hydrogens (tertiary/aromatic N) is 2. The molecule has 0 aromatic heterocycles. The fourth-order valence-electron chi connectivity index (χ4n) is 7.65. The molecule has 0 aliphatic carbocycles. The van der Waals surface area contributed by atoms with E-state index in [9.17, 15) is 24.3 Å². The van der Waals surface area contributed by atoms with E-state index < -0.39 is 59.5 Å². The molecule has 0 radical (unpaired) electrons. The van der Waals surface area contributed by atoms with Gasteiger partial charge >= 0.3 is 5.97 Å². The van der Waals surface area contributed by atoms with Crippen molar-refractivity contribution in [1.82, 2.24) is 10.2 Å². The second-order valence-corrected chi connectivity index (χ2v) is 13.6. The van der Waals surface area contributed by atoms with Crippen LogP contribution in [0.5, 0.6) is 0 Å². The van der Waals surface area contributed by atoms with Crippen LogP contribution in [0.2, 0.25) is 0 Å². The molecule has 3 aromatic rings. The van der Waals surface area contributed by atoms with Gasteiger partial charge in [-0.05, 0) is 47.9 Å². The van der Waals surface area contributed by atoms with Crippen molar-refractivity contribution in [2.75, 3.05) is 24.6 Å². The molecule has 11 heteroatoms. The van der Waals surface area contributed by atoms with Crippen molar-refractivity contribution < 1.29 is 33.8 Å². The minimum atomic E-state index is -1.48. The Morgan fingerprint density at radius 2 is 1.69 bits per heavy atom. The fourth-order valence-corrected chi connectivity index (χ4v) is 8.38. The quantitative estimate of drug-likeness (QED) is 0.307. The first-order valence-corrected chi connectivity index (χ1v) is 17.0. The van der Waals surface area contributed by atoms with E-state index in [0.29, 0.717) is 22.2 Å². The Morgan fingerprint density at radius 1 is 0.938 bits per heavy atom. The SMILES string of the molecule is C[C@@H]1NC(=O)CC/C=C\CN(c2ccc3ccccc3c2)C(=O)[C@H]2N(CCO)C(=O)[C@@H]3[C@@H](C(=O)O[C@H]1c1ccccc1)[C@@H]1O[C@@]32C=C1Br. The zero-order valence-corrected chi connectivity index (χ0v) is 27.9. The number of aliphatic hydroxyl groups excluding tert-OH is 1. The molecular weight excluding hydrogens is 678 g/mol. The number of esters is 1. The second kappa shape index (κ2) is 12.9. The normalized spacial score (nSPS) is 31.4. The Hall–Kier alpha value is -4.32. The van der Waals surface area contributed by atoms with Crippen molar-refractivity contribution in [1.29, 1.82) is 0 Å². The van der Waals surface area contributed by atoms with E-state index in [1.807, 2.05) is 84.9 Å². The lowest BCUT2D eigenvalue weighted by Gasteiger charge is -2.35. The maximum absolute atomic E-state index is 14.9. The number of benzene rings is 3. The van der Waals surface area contributed by atoms with Crippen LogP contribution in [0.1, 0.15) is 31.4 Å². The molecule has 2 N–H and O–H groups in total. The molecule has 2 fully saturated rings. The summed E-state index contributed by atoms with van der Waals surface area (Å²) in [5, 5.41) is 15.0. The summed E-state index contributed by atoms with van der Waals surface area (Å²) in [5.41, 5.74) is -0.185. The van der Waals surface area contributed by atoms with Crippen LogP contribution in [0.3, 0.4) is 0 Å². The van der Waals surface area contributed by atoms with Crippen LogP contribution in [-0.2, 0) is 28.7 Å². The van der Waals surface area contributed by atoms with Crippen LogP contribution >= 0.6 is 15.9 Å². The Kier molecular flexibility index (Phi) is 8.69. The van der Waals surface area contributed by atoms with Gasteiger partial charge in [-0.1, -0.05) is 88.7 Å². The number of carbonyl (C=O) groups is 4. The summed E-state index contributed by atoms with van der Waals surface area (Å²) in [6, 6.07) is 20.9. The predicted octanol–water partition coefficient (Wildman–Crippen LogP) is 4.18. The molecule has 0 saturated carbocycles. The zero-order chi connectivity index (χ0) is 33.6. The molecule has 248 valence electrons. The summed E-state index contributed by atoms with van der Waals surface area (Å²) >= 11 is 3.58. The Morgan fingerprint density at radius 3 is 2.46 bits per heavy atom. The van der Waals surface area contributed by atoms with E-state index in [0.717, 1.165) is 10.8 Å². The molecule has 0 unspecified atom stereocenters. The summed E-state index contributed by atoms with van der Waals surface area (Å²) in [6.07, 6.45) is 4.35. The lowest BCUT2D eigenvalue weighted by molar-refractivity contribution is -0.161. The van der Waals surface area contributed by atoms with E-state index in [-0.39, 0.29) is 32.0 Å². The third-order valence-corrected chi connectivity index (χ3v) is 10.5. The smallest absolute Gasteiger partial charge is 0.313 e. The molecule has 3 amide bonds. The number of halogens is 1. The van der Waals surface area contributed by atoms with Gasteiger partial charge in [0.05, 0.1) is 18.6 Å². The number of amides is 3.